The lowest BCUT2D eigenvalue weighted by Crippen LogP contribution is -2.31. The van der Waals surface area contributed by atoms with Gasteiger partial charge in [-0.05, 0) is 37.5 Å². The Morgan fingerprint density at radius 3 is 2.85 bits per heavy atom. The lowest BCUT2D eigenvalue weighted by atomic mass is 9.76. The van der Waals surface area contributed by atoms with Crippen molar-refractivity contribution in [1.29, 1.82) is 0 Å². The van der Waals surface area contributed by atoms with Gasteiger partial charge in [0.25, 0.3) is 0 Å². The summed E-state index contributed by atoms with van der Waals surface area (Å²) in [5.74, 6) is 2.55. The lowest BCUT2D eigenvalue weighted by Gasteiger charge is -2.34. The predicted octanol–water partition coefficient (Wildman–Crippen LogP) is 3.32. The lowest BCUT2D eigenvalue weighted by molar-refractivity contribution is 0.265. The molecule has 2 unspecified atom stereocenters. The van der Waals surface area contributed by atoms with Crippen molar-refractivity contribution in [2.75, 3.05) is 30.5 Å². The van der Waals surface area contributed by atoms with E-state index < -0.39 is 0 Å². The molecule has 0 radical (unpaired) electrons. The van der Waals surface area contributed by atoms with Crippen molar-refractivity contribution in [3.63, 3.8) is 0 Å². The highest BCUT2D eigenvalue weighted by Gasteiger charge is 2.35. The maximum atomic E-state index is 4.98. The molecule has 1 fully saturated rings. The van der Waals surface area contributed by atoms with E-state index in [4.69, 9.17) is 4.98 Å². The van der Waals surface area contributed by atoms with E-state index in [0.29, 0.717) is 17.5 Å². The van der Waals surface area contributed by atoms with Crippen LogP contribution in [0.3, 0.4) is 0 Å². The molecule has 2 atom stereocenters. The van der Waals surface area contributed by atoms with E-state index in [-0.39, 0.29) is 0 Å². The number of aromatic nitrogens is 1. The Morgan fingerprint density at radius 2 is 2.20 bits per heavy atom. The molecule has 0 spiro atoms. The fourth-order valence-electron chi connectivity index (χ4n) is 3.29. The SMILES string of the molecule is CNC1CC(C)(C)Cc2nc(N(C)C3CCSC3)sc21. The molecule has 1 aliphatic heterocycles. The molecule has 2 aliphatic rings. The van der Waals surface area contributed by atoms with Gasteiger partial charge in [0, 0.05) is 29.8 Å². The quantitative estimate of drug-likeness (QED) is 0.927. The van der Waals surface area contributed by atoms with Crippen LogP contribution in [-0.2, 0) is 6.42 Å². The minimum atomic E-state index is 0.355. The molecule has 20 heavy (non-hydrogen) atoms. The monoisotopic (exact) mass is 311 g/mol. The van der Waals surface area contributed by atoms with Crippen LogP contribution in [0.1, 0.15) is 43.3 Å². The number of nitrogens with zero attached hydrogens (tertiary/aromatic N) is 2. The average Bonchev–Trinajstić information content (AvgIpc) is 3.04. The van der Waals surface area contributed by atoms with Crippen LogP contribution in [0.2, 0.25) is 0 Å². The van der Waals surface area contributed by atoms with Gasteiger partial charge in [0.15, 0.2) is 5.13 Å². The van der Waals surface area contributed by atoms with Crippen molar-refractivity contribution < 1.29 is 0 Å². The molecule has 3 rings (SSSR count). The van der Waals surface area contributed by atoms with Crippen LogP contribution in [0.5, 0.6) is 0 Å². The summed E-state index contributed by atoms with van der Waals surface area (Å²) in [6, 6.07) is 1.15. The van der Waals surface area contributed by atoms with Gasteiger partial charge < -0.3 is 10.2 Å². The first kappa shape index (κ1) is 14.7. The Morgan fingerprint density at radius 1 is 1.40 bits per heavy atom. The first-order valence-electron chi connectivity index (χ1n) is 7.47. The molecule has 1 N–H and O–H groups in total. The van der Waals surface area contributed by atoms with Crippen molar-refractivity contribution in [2.45, 2.75) is 45.2 Å². The summed E-state index contributed by atoms with van der Waals surface area (Å²) in [7, 11) is 4.30. The van der Waals surface area contributed by atoms with Crippen molar-refractivity contribution in [3.8, 4) is 0 Å². The van der Waals surface area contributed by atoms with Crippen molar-refractivity contribution in [1.82, 2.24) is 10.3 Å². The predicted molar refractivity (Wildman–Crippen MR) is 90.1 cm³/mol. The minimum Gasteiger partial charge on any atom is -0.347 e. The summed E-state index contributed by atoms with van der Waals surface area (Å²) in [6.45, 7) is 4.72. The van der Waals surface area contributed by atoms with Crippen LogP contribution < -0.4 is 10.2 Å². The third-order valence-electron chi connectivity index (χ3n) is 4.54. The van der Waals surface area contributed by atoms with Gasteiger partial charge in [0.05, 0.1) is 5.69 Å². The van der Waals surface area contributed by atoms with Crippen LogP contribution in [0, 0.1) is 5.41 Å². The molecule has 0 amide bonds. The van der Waals surface area contributed by atoms with E-state index >= 15 is 0 Å². The number of nitrogens with one attached hydrogen (secondary N) is 1. The summed E-state index contributed by atoms with van der Waals surface area (Å²) in [5.41, 5.74) is 1.69. The zero-order valence-corrected chi connectivity index (χ0v) is 14.5. The van der Waals surface area contributed by atoms with Gasteiger partial charge in [-0.3, -0.25) is 0 Å². The van der Waals surface area contributed by atoms with E-state index in [1.54, 1.807) is 0 Å². The molecular formula is C15H25N3S2. The summed E-state index contributed by atoms with van der Waals surface area (Å²) in [4.78, 5) is 8.88. The Bertz CT molecular complexity index is 477. The van der Waals surface area contributed by atoms with Gasteiger partial charge >= 0.3 is 0 Å². The molecule has 0 saturated carbocycles. The summed E-state index contributed by atoms with van der Waals surface area (Å²) in [6.07, 6.45) is 3.62. The van der Waals surface area contributed by atoms with Crippen LogP contribution in [0.4, 0.5) is 5.13 Å². The van der Waals surface area contributed by atoms with Crippen molar-refractivity contribution in [2.24, 2.45) is 5.41 Å². The molecule has 3 nitrogen and oxygen atoms in total. The number of anilines is 1. The van der Waals surface area contributed by atoms with Crippen molar-refractivity contribution >= 4 is 28.2 Å². The van der Waals surface area contributed by atoms with Gasteiger partial charge in [0.1, 0.15) is 0 Å². The van der Waals surface area contributed by atoms with Crippen LogP contribution in [0.25, 0.3) is 0 Å². The highest BCUT2D eigenvalue weighted by molar-refractivity contribution is 7.99. The molecule has 1 saturated heterocycles. The number of rotatable bonds is 3. The molecule has 1 aromatic heterocycles. The van der Waals surface area contributed by atoms with Gasteiger partial charge in [-0.1, -0.05) is 25.2 Å². The first-order valence-corrected chi connectivity index (χ1v) is 9.45. The molecule has 1 aliphatic carbocycles. The van der Waals surface area contributed by atoms with E-state index in [0.717, 1.165) is 6.42 Å². The molecule has 0 aromatic carbocycles. The van der Waals surface area contributed by atoms with Crippen molar-refractivity contribution in [3.05, 3.63) is 10.6 Å². The summed E-state index contributed by atoms with van der Waals surface area (Å²) in [5, 5.41) is 4.71. The van der Waals surface area contributed by atoms with E-state index in [2.05, 4.69) is 49.9 Å². The second kappa shape index (κ2) is 5.50. The van der Waals surface area contributed by atoms with Crippen LogP contribution in [0.15, 0.2) is 0 Å². The normalized spacial score (nSPS) is 28.4. The number of hydrogen-bond acceptors (Lipinski definition) is 5. The third-order valence-corrected chi connectivity index (χ3v) is 6.99. The first-order chi connectivity index (χ1) is 9.50. The molecule has 112 valence electrons. The third kappa shape index (κ3) is 2.72. The second-order valence-corrected chi connectivity index (χ2v) is 8.98. The van der Waals surface area contributed by atoms with Gasteiger partial charge in [-0.25, -0.2) is 4.98 Å². The van der Waals surface area contributed by atoms with Gasteiger partial charge in [-0.2, -0.15) is 11.8 Å². The Hall–Kier alpha value is -0.260. The number of fused-ring (bicyclic) bond motifs is 1. The summed E-state index contributed by atoms with van der Waals surface area (Å²) >= 11 is 3.97. The molecular weight excluding hydrogens is 286 g/mol. The molecule has 5 heteroatoms. The van der Waals surface area contributed by atoms with E-state index in [9.17, 15) is 0 Å². The maximum absolute atomic E-state index is 4.98. The van der Waals surface area contributed by atoms with Gasteiger partial charge in [0.2, 0.25) is 0 Å². The fraction of sp³-hybridized carbons (Fsp3) is 0.800. The second-order valence-electron chi connectivity index (χ2n) is 6.82. The minimum absolute atomic E-state index is 0.355. The summed E-state index contributed by atoms with van der Waals surface area (Å²) < 4.78 is 0. The highest BCUT2D eigenvalue weighted by atomic mass is 32.2. The van der Waals surface area contributed by atoms with E-state index in [1.165, 1.54) is 40.0 Å². The number of thiazole rings is 1. The Balaban J connectivity index is 1.87. The van der Waals surface area contributed by atoms with Gasteiger partial charge in [-0.15, -0.1) is 0 Å². The number of thioether (sulfide) groups is 1. The zero-order valence-electron chi connectivity index (χ0n) is 12.9. The maximum Gasteiger partial charge on any atom is 0.185 e. The molecule has 1 aromatic rings. The fourth-order valence-corrected chi connectivity index (χ4v) is 5.78. The average molecular weight is 312 g/mol. The standard InChI is InChI=1S/C15H25N3S2/c1-15(2)7-11(16-3)13-12(8-15)17-14(20-13)18(4)10-5-6-19-9-10/h10-11,16H,5-9H2,1-4H3. The zero-order chi connectivity index (χ0) is 14.3. The van der Waals surface area contributed by atoms with E-state index in [1.807, 2.05) is 11.3 Å². The Labute approximate surface area is 130 Å². The Kier molecular flexibility index (Phi) is 4.04. The smallest absolute Gasteiger partial charge is 0.185 e. The number of hydrogen-bond donors (Lipinski definition) is 1. The molecule has 2 heterocycles. The highest BCUT2D eigenvalue weighted by Crippen LogP contribution is 2.45. The largest absolute Gasteiger partial charge is 0.347 e. The topological polar surface area (TPSA) is 28.2 Å². The van der Waals surface area contributed by atoms with Crippen LogP contribution in [-0.4, -0.2) is 36.6 Å². The molecule has 0 bridgehead atoms. The van der Waals surface area contributed by atoms with Crippen LogP contribution >= 0.6 is 23.1 Å².